The van der Waals surface area contributed by atoms with E-state index in [4.69, 9.17) is 4.74 Å². The van der Waals surface area contributed by atoms with Gasteiger partial charge in [0.2, 0.25) is 0 Å². The first-order valence-electron chi connectivity index (χ1n) is 3.30. The summed E-state index contributed by atoms with van der Waals surface area (Å²) in [4.78, 5) is 0. The van der Waals surface area contributed by atoms with Gasteiger partial charge in [-0.3, -0.25) is 5.32 Å². The summed E-state index contributed by atoms with van der Waals surface area (Å²) in [5, 5.41) is 3.30. The second-order valence-electron chi connectivity index (χ2n) is 2.67. The number of ether oxygens (including phenoxy) is 1. The van der Waals surface area contributed by atoms with Crippen LogP contribution < -0.4 is 5.32 Å². The SMILES string of the molecule is C1CC2NCC1CO2. The molecule has 46 valence electrons. The summed E-state index contributed by atoms with van der Waals surface area (Å²) in [6.45, 7) is 2.18. The van der Waals surface area contributed by atoms with Crippen molar-refractivity contribution in [2.45, 2.75) is 19.1 Å². The summed E-state index contributed by atoms with van der Waals surface area (Å²) in [5.41, 5.74) is 0. The van der Waals surface area contributed by atoms with Crippen LogP contribution >= 0.6 is 0 Å². The molecular weight excluding hydrogens is 102 g/mol. The quantitative estimate of drug-likeness (QED) is 0.489. The Morgan fingerprint density at radius 1 is 1.38 bits per heavy atom. The third kappa shape index (κ3) is 0.644. The van der Waals surface area contributed by atoms with Crippen molar-refractivity contribution in [1.82, 2.24) is 5.32 Å². The predicted octanol–water partition coefficient (Wildman–Crippen LogP) is 0.342. The first-order chi connectivity index (χ1) is 3.95. The van der Waals surface area contributed by atoms with Gasteiger partial charge in [-0.2, -0.15) is 0 Å². The van der Waals surface area contributed by atoms with E-state index in [0.717, 1.165) is 12.5 Å². The van der Waals surface area contributed by atoms with Crippen LogP contribution in [0.5, 0.6) is 0 Å². The maximum Gasteiger partial charge on any atom is 0.108 e. The fraction of sp³-hybridized carbons (Fsp3) is 1.00. The molecule has 8 heavy (non-hydrogen) atoms. The number of rotatable bonds is 0. The Balaban J connectivity index is 2.03. The second-order valence-corrected chi connectivity index (χ2v) is 2.67. The lowest BCUT2D eigenvalue weighted by Gasteiger charge is -2.36. The second kappa shape index (κ2) is 1.71. The summed E-state index contributed by atoms with van der Waals surface area (Å²) >= 11 is 0. The first kappa shape index (κ1) is 4.77. The van der Waals surface area contributed by atoms with Crippen LogP contribution in [0, 0.1) is 5.92 Å². The Labute approximate surface area is 49.2 Å². The fourth-order valence-electron chi connectivity index (χ4n) is 1.43. The average Bonchev–Trinajstić information content (AvgIpc) is 1.92. The lowest BCUT2D eigenvalue weighted by atomic mass is 9.97. The topological polar surface area (TPSA) is 21.3 Å². The van der Waals surface area contributed by atoms with E-state index < -0.39 is 0 Å². The van der Waals surface area contributed by atoms with Crippen molar-refractivity contribution in [3.8, 4) is 0 Å². The van der Waals surface area contributed by atoms with Crippen molar-refractivity contribution in [2.75, 3.05) is 13.2 Å². The molecule has 2 unspecified atom stereocenters. The van der Waals surface area contributed by atoms with Gasteiger partial charge in [0, 0.05) is 6.54 Å². The molecule has 0 aromatic rings. The molecule has 3 fully saturated rings. The van der Waals surface area contributed by atoms with Crippen molar-refractivity contribution in [3.63, 3.8) is 0 Å². The predicted molar refractivity (Wildman–Crippen MR) is 30.5 cm³/mol. The minimum absolute atomic E-state index is 0.403. The minimum atomic E-state index is 0.403. The van der Waals surface area contributed by atoms with Gasteiger partial charge in [0.1, 0.15) is 6.23 Å². The third-order valence-corrected chi connectivity index (χ3v) is 2.00. The average molecular weight is 113 g/mol. The molecule has 0 amide bonds. The molecule has 2 nitrogen and oxygen atoms in total. The highest BCUT2D eigenvalue weighted by Gasteiger charge is 2.26. The summed E-state index contributed by atoms with van der Waals surface area (Å²) in [6, 6.07) is 0. The molecule has 0 aromatic carbocycles. The van der Waals surface area contributed by atoms with Gasteiger partial charge >= 0.3 is 0 Å². The van der Waals surface area contributed by atoms with Gasteiger partial charge in [0.05, 0.1) is 6.61 Å². The fourth-order valence-corrected chi connectivity index (χ4v) is 1.43. The molecule has 3 aliphatic rings. The number of fused-ring (bicyclic) bond motifs is 3. The molecule has 2 atom stereocenters. The van der Waals surface area contributed by atoms with E-state index in [1.54, 1.807) is 0 Å². The van der Waals surface area contributed by atoms with Crippen LogP contribution in [0.4, 0.5) is 0 Å². The number of nitrogens with one attached hydrogen (secondary N) is 1. The van der Waals surface area contributed by atoms with E-state index in [2.05, 4.69) is 5.32 Å². The van der Waals surface area contributed by atoms with E-state index >= 15 is 0 Å². The minimum Gasteiger partial charge on any atom is -0.363 e. The molecule has 2 heteroatoms. The monoisotopic (exact) mass is 113 g/mol. The molecule has 0 saturated carbocycles. The molecule has 3 heterocycles. The molecule has 0 spiro atoms. The molecule has 0 aliphatic carbocycles. The van der Waals surface area contributed by atoms with Gasteiger partial charge < -0.3 is 4.74 Å². The summed E-state index contributed by atoms with van der Waals surface area (Å²) < 4.78 is 5.37. The van der Waals surface area contributed by atoms with Crippen LogP contribution in [0.3, 0.4) is 0 Å². The summed E-state index contributed by atoms with van der Waals surface area (Å²) in [6.07, 6.45) is 3.00. The van der Waals surface area contributed by atoms with Crippen LogP contribution in [0.15, 0.2) is 0 Å². The van der Waals surface area contributed by atoms with Crippen molar-refractivity contribution >= 4 is 0 Å². The maximum absolute atomic E-state index is 5.37. The standard InChI is InChI=1S/C6H11NO/c1-2-6-7-3-5(1)4-8-6/h5-7H,1-4H2. The molecule has 3 rings (SSSR count). The lowest BCUT2D eigenvalue weighted by molar-refractivity contribution is -0.0724. The number of piperidine rings is 1. The van der Waals surface area contributed by atoms with Crippen molar-refractivity contribution in [2.24, 2.45) is 5.92 Å². The van der Waals surface area contributed by atoms with Crippen LogP contribution in [-0.4, -0.2) is 19.4 Å². The molecule has 3 saturated heterocycles. The lowest BCUT2D eigenvalue weighted by Crippen LogP contribution is -2.48. The Morgan fingerprint density at radius 3 is 2.50 bits per heavy atom. The third-order valence-electron chi connectivity index (χ3n) is 2.00. The summed E-state index contributed by atoms with van der Waals surface area (Å²) in [7, 11) is 0. The van der Waals surface area contributed by atoms with Gasteiger partial charge in [0.15, 0.2) is 0 Å². The Kier molecular flexibility index (Phi) is 1.02. The molecular formula is C6H11NO. The maximum atomic E-state index is 5.37. The zero-order chi connectivity index (χ0) is 5.40. The van der Waals surface area contributed by atoms with Gasteiger partial charge in [0.25, 0.3) is 0 Å². The smallest absolute Gasteiger partial charge is 0.108 e. The van der Waals surface area contributed by atoms with Crippen molar-refractivity contribution in [3.05, 3.63) is 0 Å². The highest BCUT2D eigenvalue weighted by Crippen LogP contribution is 2.21. The molecule has 1 N–H and O–H groups in total. The van der Waals surface area contributed by atoms with E-state index in [-0.39, 0.29) is 0 Å². The molecule has 3 aliphatic heterocycles. The van der Waals surface area contributed by atoms with Gasteiger partial charge in [-0.05, 0) is 18.8 Å². The van der Waals surface area contributed by atoms with Gasteiger partial charge in [-0.15, -0.1) is 0 Å². The largest absolute Gasteiger partial charge is 0.363 e. The Bertz CT molecular complexity index is 63.5. The van der Waals surface area contributed by atoms with E-state index in [9.17, 15) is 0 Å². The molecule has 0 radical (unpaired) electrons. The van der Waals surface area contributed by atoms with Crippen LogP contribution in [0.25, 0.3) is 0 Å². The number of hydrogen-bond donors (Lipinski definition) is 1. The van der Waals surface area contributed by atoms with E-state index in [1.807, 2.05) is 0 Å². The van der Waals surface area contributed by atoms with Gasteiger partial charge in [-0.1, -0.05) is 0 Å². The van der Waals surface area contributed by atoms with Crippen molar-refractivity contribution in [1.29, 1.82) is 0 Å². The molecule has 0 aromatic heterocycles. The zero-order valence-electron chi connectivity index (χ0n) is 4.89. The highest BCUT2D eigenvalue weighted by molar-refractivity contribution is 4.77. The van der Waals surface area contributed by atoms with Crippen LogP contribution in [0.2, 0.25) is 0 Å². The highest BCUT2D eigenvalue weighted by atomic mass is 16.5. The van der Waals surface area contributed by atoms with Gasteiger partial charge in [-0.25, -0.2) is 0 Å². The zero-order valence-corrected chi connectivity index (χ0v) is 4.89. The first-order valence-corrected chi connectivity index (χ1v) is 3.30. The number of hydrogen-bond acceptors (Lipinski definition) is 2. The van der Waals surface area contributed by atoms with E-state index in [0.29, 0.717) is 6.23 Å². The molecule has 2 bridgehead atoms. The van der Waals surface area contributed by atoms with Crippen LogP contribution in [-0.2, 0) is 4.74 Å². The van der Waals surface area contributed by atoms with E-state index in [1.165, 1.54) is 19.4 Å². The summed E-state index contributed by atoms with van der Waals surface area (Å²) in [5.74, 6) is 0.819. The normalized spacial score (nSPS) is 45.0. The van der Waals surface area contributed by atoms with Crippen LogP contribution in [0.1, 0.15) is 12.8 Å². The Hall–Kier alpha value is -0.0800. The van der Waals surface area contributed by atoms with Crippen molar-refractivity contribution < 1.29 is 4.74 Å². The Morgan fingerprint density at radius 2 is 2.38 bits per heavy atom.